The summed E-state index contributed by atoms with van der Waals surface area (Å²) >= 11 is 0. The molecule has 0 aliphatic heterocycles. The molecule has 7 rings (SSSR count). The van der Waals surface area contributed by atoms with Crippen molar-refractivity contribution in [3.8, 4) is 34.3 Å². The molecule has 0 bridgehead atoms. The molecule has 7 aromatic rings. The van der Waals surface area contributed by atoms with Crippen LogP contribution in [0.15, 0.2) is 103 Å². The number of hydrogen-bond acceptors (Lipinski definition) is 4. The van der Waals surface area contributed by atoms with Crippen LogP contribution in [0.2, 0.25) is 0 Å². The minimum absolute atomic E-state index is 0. The van der Waals surface area contributed by atoms with Gasteiger partial charge in [0.05, 0.1) is 0 Å². The summed E-state index contributed by atoms with van der Waals surface area (Å²) in [6.45, 7) is 10.9. The third kappa shape index (κ3) is 5.62. The van der Waals surface area contributed by atoms with Crippen molar-refractivity contribution in [1.82, 2.24) is 14.5 Å². The molecule has 0 radical (unpaired) electrons. The zero-order valence-corrected chi connectivity index (χ0v) is 28.2. The number of nitrogens with zero attached hydrogens (tertiary/aromatic N) is 3. The molecule has 45 heavy (non-hydrogen) atoms. The van der Waals surface area contributed by atoms with Gasteiger partial charge in [0.1, 0.15) is 17.1 Å². The van der Waals surface area contributed by atoms with Gasteiger partial charge in [-0.1, -0.05) is 94.7 Å². The zero-order valence-electron chi connectivity index (χ0n) is 25.9. The van der Waals surface area contributed by atoms with E-state index >= 15 is 0 Å². The predicted octanol–water partition coefficient (Wildman–Crippen LogP) is 10.1. The number of para-hydroxylation sites is 1. The van der Waals surface area contributed by atoms with Crippen LogP contribution in [0, 0.1) is 6.07 Å². The first kappa shape index (κ1) is 30.6. The molecule has 0 fully saturated rings. The van der Waals surface area contributed by atoms with Gasteiger partial charge in [-0.15, -0.1) is 17.5 Å². The second-order valence-electron chi connectivity index (χ2n) is 12.7. The van der Waals surface area contributed by atoms with E-state index in [0.29, 0.717) is 17.1 Å². The largest absolute Gasteiger partial charge is 0.506 e. The average molecular weight is 772 g/mol. The van der Waals surface area contributed by atoms with E-state index in [9.17, 15) is 5.11 Å². The third-order valence-corrected chi connectivity index (χ3v) is 8.26. The van der Waals surface area contributed by atoms with E-state index in [1.165, 1.54) is 5.56 Å². The summed E-state index contributed by atoms with van der Waals surface area (Å²) in [4.78, 5) is 9.52. The number of phenols is 1. The van der Waals surface area contributed by atoms with Crippen LogP contribution in [-0.4, -0.2) is 19.6 Å². The molecule has 0 unspecified atom stereocenters. The second kappa shape index (κ2) is 11.8. The molecule has 5 nitrogen and oxygen atoms in total. The molecule has 3 heterocycles. The van der Waals surface area contributed by atoms with Gasteiger partial charge in [-0.05, 0) is 63.2 Å². The third-order valence-electron chi connectivity index (χ3n) is 8.26. The summed E-state index contributed by atoms with van der Waals surface area (Å²) in [6, 6.07) is 36.2. The minimum Gasteiger partial charge on any atom is -0.506 e. The molecule has 1 N–H and O–H groups in total. The second-order valence-corrected chi connectivity index (χ2v) is 12.7. The molecule has 228 valence electrons. The number of benzene rings is 4. The maximum atomic E-state index is 10.6. The number of phenolic OH excluding ortho intramolecular Hbond substituents is 1. The fraction of sp³-hybridized carbons (Fsp3) is 0.179. The Hall–Kier alpha value is -4.47. The topological polar surface area (TPSA) is 60.2 Å². The van der Waals surface area contributed by atoms with Crippen molar-refractivity contribution >= 4 is 32.7 Å². The average Bonchev–Trinajstić information content (AvgIpc) is 3.34. The van der Waals surface area contributed by atoms with Crippen LogP contribution in [0.4, 0.5) is 0 Å². The van der Waals surface area contributed by atoms with E-state index in [-0.39, 0.29) is 38.1 Å². The van der Waals surface area contributed by atoms with Gasteiger partial charge in [0, 0.05) is 50.0 Å². The minimum atomic E-state index is 0. The van der Waals surface area contributed by atoms with Crippen LogP contribution in [0.5, 0.6) is 17.4 Å². The Balaban J connectivity index is 0.00000357. The van der Waals surface area contributed by atoms with Crippen LogP contribution in [0.1, 0.15) is 51.7 Å². The number of aromatic hydroxyl groups is 1. The molecule has 0 atom stereocenters. The van der Waals surface area contributed by atoms with Crippen LogP contribution >= 0.6 is 0 Å². The van der Waals surface area contributed by atoms with Crippen molar-refractivity contribution < 1.29 is 30.9 Å². The Kier molecular flexibility index (Phi) is 8.01. The first-order chi connectivity index (χ1) is 21.2. The molecule has 0 saturated carbocycles. The molecule has 6 heteroatoms. The maximum Gasteiger partial charge on any atom is 0.217 e. The molecule has 4 aromatic carbocycles. The van der Waals surface area contributed by atoms with Crippen molar-refractivity contribution in [2.24, 2.45) is 0 Å². The molecule has 0 amide bonds. The van der Waals surface area contributed by atoms with E-state index in [2.05, 4.69) is 92.7 Å². The first-order valence-electron chi connectivity index (χ1n) is 15.0. The van der Waals surface area contributed by atoms with Crippen molar-refractivity contribution in [3.63, 3.8) is 0 Å². The molecular formula is C39H34N3O2Pt-. The molecule has 0 aliphatic rings. The summed E-state index contributed by atoms with van der Waals surface area (Å²) in [5.41, 5.74) is 6.99. The van der Waals surface area contributed by atoms with Crippen LogP contribution in [-0.2, 0) is 26.5 Å². The number of rotatable bonds is 5. The first-order valence-corrected chi connectivity index (χ1v) is 15.0. The molecule has 0 aliphatic carbocycles. The smallest absolute Gasteiger partial charge is 0.217 e. The molecule has 0 saturated heterocycles. The summed E-state index contributed by atoms with van der Waals surface area (Å²) in [5, 5.41) is 13.7. The van der Waals surface area contributed by atoms with Gasteiger partial charge in [-0.25, -0.2) is 9.97 Å². The molecule has 3 aromatic heterocycles. The normalized spacial score (nSPS) is 11.8. The Labute approximate surface area is 277 Å². The van der Waals surface area contributed by atoms with Gasteiger partial charge in [0.15, 0.2) is 0 Å². The summed E-state index contributed by atoms with van der Waals surface area (Å²) in [7, 11) is 0. The van der Waals surface area contributed by atoms with Gasteiger partial charge in [-0.2, -0.15) is 6.07 Å². The quantitative estimate of drug-likeness (QED) is 0.177. The Morgan fingerprint density at radius 1 is 0.800 bits per heavy atom. The van der Waals surface area contributed by atoms with E-state index in [0.717, 1.165) is 49.7 Å². The number of ether oxygens (including phenoxy) is 1. The van der Waals surface area contributed by atoms with Gasteiger partial charge < -0.3 is 14.4 Å². The Morgan fingerprint density at radius 2 is 1.60 bits per heavy atom. The Morgan fingerprint density at radius 3 is 2.36 bits per heavy atom. The van der Waals surface area contributed by atoms with E-state index < -0.39 is 0 Å². The van der Waals surface area contributed by atoms with Crippen molar-refractivity contribution in [1.29, 1.82) is 0 Å². The molecule has 0 spiro atoms. The van der Waals surface area contributed by atoms with E-state index in [1.807, 2.05) is 54.7 Å². The summed E-state index contributed by atoms with van der Waals surface area (Å²) in [5.74, 6) is 2.11. The standard InChI is InChI=1S/C39H34N3O2.Pt/c1-24(2)31-23-37(41-38-30(31)12-9-13-35(38)43)44-28-15-16-29-32-21-27(39(3,4)5)14-17-33(32)42(34(29)22-28)36-20-26(18-19-40-36)25-10-7-6-8-11-25;/h6-21,23-24,43H,1-5H3;/q-1;. The number of fused-ring (bicyclic) bond motifs is 4. The van der Waals surface area contributed by atoms with Gasteiger partial charge >= 0.3 is 0 Å². The van der Waals surface area contributed by atoms with Crippen LogP contribution in [0.3, 0.4) is 0 Å². The van der Waals surface area contributed by atoms with E-state index in [1.54, 1.807) is 6.07 Å². The fourth-order valence-corrected chi connectivity index (χ4v) is 5.92. The fourth-order valence-electron chi connectivity index (χ4n) is 5.92. The Bertz CT molecular complexity index is 2180. The van der Waals surface area contributed by atoms with Gasteiger partial charge in [0.2, 0.25) is 5.88 Å². The van der Waals surface area contributed by atoms with Crippen LogP contribution < -0.4 is 4.74 Å². The number of pyridine rings is 2. The summed E-state index contributed by atoms with van der Waals surface area (Å²) < 4.78 is 8.55. The predicted molar refractivity (Wildman–Crippen MR) is 179 cm³/mol. The van der Waals surface area contributed by atoms with Crippen molar-refractivity contribution in [2.45, 2.75) is 46.0 Å². The monoisotopic (exact) mass is 771 g/mol. The van der Waals surface area contributed by atoms with Crippen LogP contribution in [0.25, 0.3) is 49.7 Å². The van der Waals surface area contributed by atoms with Crippen molar-refractivity contribution in [2.75, 3.05) is 0 Å². The number of hydrogen-bond donors (Lipinski definition) is 1. The SMILES string of the molecule is CC(C)c1cc(Oc2[c-]c3c(cc2)c2cc(C(C)(C)C)ccc2n3-c2cc(-c3ccccc3)ccn2)nc2c(O)cccc12.[Pt]. The molecular weight excluding hydrogens is 738 g/mol. The zero-order chi connectivity index (χ0) is 30.6. The summed E-state index contributed by atoms with van der Waals surface area (Å²) in [6.07, 6.45) is 1.86. The van der Waals surface area contributed by atoms with Gasteiger partial charge in [0.25, 0.3) is 0 Å². The van der Waals surface area contributed by atoms with E-state index in [4.69, 9.17) is 9.72 Å². The maximum absolute atomic E-state index is 10.6. The van der Waals surface area contributed by atoms with Gasteiger partial charge in [-0.3, -0.25) is 0 Å². The number of aromatic nitrogens is 3. The van der Waals surface area contributed by atoms with Crippen molar-refractivity contribution in [3.05, 3.63) is 120 Å².